The number of fused-ring (bicyclic) bond motifs is 1. The summed E-state index contributed by atoms with van der Waals surface area (Å²) in [6.45, 7) is 10.3. The van der Waals surface area contributed by atoms with Crippen LogP contribution >= 0.6 is 11.8 Å². The third-order valence-electron chi connectivity index (χ3n) is 5.71. The summed E-state index contributed by atoms with van der Waals surface area (Å²) in [6.07, 6.45) is 3.78. The van der Waals surface area contributed by atoms with Crippen molar-refractivity contribution < 1.29 is 9.18 Å². The fourth-order valence-corrected chi connectivity index (χ4v) is 4.89. The number of halogens is 1. The van der Waals surface area contributed by atoms with E-state index in [1.54, 1.807) is 12.1 Å². The Morgan fingerprint density at radius 2 is 1.77 bits per heavy atom. The van der Waals surface area contributed by atoms with Crippen LogP contribution in [0.3, 0.4) is 0 Å². The molecular weight excluding hydrogens is 409 g/mol. The van der Waals surface area contributed by atoms with Gasteiger partial charge in [0.1, 0.15) is 5.82 Å². The van der Waals surface area contributed by atoms with Gasteiger partial charge < -0.3 is 10.2 Å². The van der Waals surface area contributed by atoms with Gasteiger partial charge in [-0.3, -0.25) is 4.79 Å². The minimum Gasteiger partial charge on any atom is -0.365 e. The molecule has 2 aromatic rings. The third kappa shape index (κ3) is 4.17. The Morgan fingerprint density at radius 1 is 1.10 bits per heavy atom. The van der Waals surface area contributed by atoms with Gasteiger partial charge in [0.15, 0.2) is 5.17 Å². The number of allylic oxidation sites excluding steroid dienone is 1. The van der Waals surface area contributed by atoms with Gasteiger partial charge in [-0.1, -0.05) is 12.1 Å². The maximum absolute atomic E-state index is 15.0. The van der Waals surface area contributed by atoms with Crippen molar-refractivity contribution in [3.63, 3.8) is 0 Å². The molecule has 0 radical (unpaired) electrons. The van der Waals surface area contributed by atoms with Crippen LogP contribution in [0.15, 0.2) is 46.3 Å². The quantitative estimate of drug-likeness (QED) is 0.592. The fourth-order valence-electron chi connectivity index (χ4n) is 4.05. The first-order chi connectivity index (χ1) is 14.5. The molecule has 160 valence electrons. The number of nitrogens with one attached hydrogen (secondary N) is 1. The van der Waals surface area contributed by atoms with Crippen molar-refractivity contribution in [1.82, 2.24) is 5.32 Å². The van der Waals surface area contributed by atoms with Gasteiger partial charge in [-0.15, -0.1) is 0 Å². The van der Waals surface area contributed by atoms with Crippen LogP contribution in [0, 0.1) is 19.7 Å². The fraction of sp³-hybridized carbons (Fsp3) is 0.280. The highest BCUT2D eigenvalue weighted by Crippen LogP contribution is 2.40. The van der Waals surface area contributed by atoms with E-state index in [9.17, 15) is 9.18 Å². The highest BCUT2D eigenvalue weighted by Gasteiger charge is 2.30. The molecule has 0 aromatic heterocycles. The summed E-state index contributed by atoms with van der Waals surface area (Å²) in [5.74, 6) is -0.618. The predicted octanol–water partition coefficient (Wildman–Crippen LogP) is 5.97. The molecule has 1 saturated heterocycles. The number of rotatable bonds is 2. The molecule has 0 aliphatic carbocycles. The van der Waals surface area contributed by atoms with Gasteiger partial charge in [-0.2, -0.15) is 0 Å². The van der Waals surface area contributed by atoms with Crippen molar-refractivity contribution in [1.29, 1.82) is 0 Å². The minimum atomic E-state index is -0.350. The monoisotopic (exact) mass is 435 g/mol. The van der Waals surface area contributed by atoms with Crippen molar-refractivity contribution in [2.24, 2.45) is 4.99 Å². The number of carbonyl (C=O) groups excluding carboxylic acids is 1. The van der Waals surface area contributed by atoms with Crippen molar-refractivity contribution in [3.05, 3.63) is 69.4 Å². The molecule has 2 aromatic carbocycles. The van der Waals surface area contributed by atoms with E-state index < -0.39 is 0 Å². The number of thioether (sulfide) groups is 1. The first-order valence-corrected chi connectivity index (χ1v) is 11.0. The molecule has 0 unspecified atom stereocenters. The first-order valence-electron chi connectivity index (χ1n) is 10.2. The van der Waals surface area contributed by atoms with Crippen molar-refractivity contribution in [2.75, 3.05) is 11.9 Å². The SMILES string of the molecule is CC1=CC(C)(C)N(C)c2cc(F)c(/C=C3/SC(=Nc4cc(C)cc(C)c4)NC3=O)cc21. The Kier molecular flexibility index (Phi) is 5.30. The van der Waals surface area contributed by atoms with Gasteiger partial charge in [0.05, 0.1) is 16.1 Å². The van der Waals surface area contributed by atoms with Crippen molar-refractivity contribution in [3.8, 4) is 0 Å². The Bertz CT molecular complexity index is 1170. The summed E-state index contributed by atoms with van der Waals surface area (Å²) >= 11 is 1.23. The second kappa shape index (κ2) is 7.68. The maximum atomic E-state index is 15.0. The first kappa shape index (κ1) is 21.4. The summed E-state index contributed by atoms with van der Waals surface area (Å²) < 4.78 is 15.0. The zero-order valence-corrected chi connectivity index (χ0v) is 19.4. The number of carbonyl (C=O) groups is 1. The molecule has 0 saturated carbocycles. The van der Waals surface area contributed by atoms with E-state index in [-0.39, 0.29) is 17.3 Å². The standard InChI is InChI=1S/C25H26FN3OS/c1-14-7-15(2)9-18(8-14)27-24-28-23(30)22(31-24)11-17-10-19-16(3)13-25(4,5)29(6)21(19)12-20(17)26/h7-13H,1-6H3,(H,27,28,30)/b22-11+. The van der Waals surface area contributed by atoms with Gasteiger partial charge in [0.2, 0.25) is 0 Å². The number of hydrogen-bond acceptors (Lipinski definition) is 4. The zero-order chi connectivity index (χ0) is 22.5. The Morgan fingerprint density at radius 3 is 2.45 bits per heavy atom. The lowest BCUT2D eigenvalue weighted by Gasteiger charge is -2.40. The third-order valence-corrected chi connectivity index (χ3v) is 6.62. The summed E-state index contributed by atoms with van der Waals surface area (Å²) in [5, 5.41) is 3.28. The molecule has 2 aliphatic heterocycles. The summed E-state index contributed by atoms with van der Waals surface area (Å²) in [4.78, 5) is 19.5. The van der Waals surface area contributed by atoms with E-state index in [1.807, 2.05) is 46.0 Å². The van der Waals surface area contributed by atoms with E-state index in [0.717, 1.165) is 33.6 Å². The van der Waals surface area contributed by atoms with Gasteiger partial charge >= 0.3 is 0 Å². The van der Waals surface area contributed by atoms with Gasteiger partial charge in [-0.25, -0.2) is 9.38 Å². The van der Waals surface area contributed by atoms with E-state index in [4.69, 9.17) is 0 Å². The Hall–Kier alpha value is -2.86. The molecule has 31 heavy (non-hydrogen) atoms. The van der Waals surface area contributed by atoms with Gasteiger partial charge in [-0.05, 0) is 93.4 Å². The smallest absolute Gasteiger partial charge is 0.264 e. The molecule has 2 heterocycles. The largest absolute Gasteiger partial charge is 0.365 e. The van der Waals surface area contributed by atoms with Crippen LogP contribution in [-0.2, 0) is 4.79 Å². The Balaban J connectivity index is 1.67. The van der Waals surface area contributed by atoms with Gasteiger partial charge in [0.25, 0.3) is 5.91 Å². The molecule has 6 heteroatoms. The van der Waals surface area contributed by atoms with Crippen LogP contribution in [0.2, 0.25) is 0 Å². The molecule has 4 rings (SSSR count). The van der Waals surface area contributed by atoms with E-state index in [2.05, 4.69) is 41.2 Å². The number of anilines is 1. The molecule has 0 bridgehead atoms. The number of amides is 1. The molecule has 1 fully saturated rings. The lowest BCUT2D eigenvalue weighted by molar-refractivity contribution is -0.115. The Labute approximate surface area is 186 Å². The molecule has 1 N–H and O–H groups in total. The maximum Gasteiger partial charge on any atom is 0.264 e. The lowest BCUT2D eigenvalue weighted by atomic mass is 9.88. The van der Waals surface area contributed by atoms with E-state index in [0.29, 0.717) is 15.6 Å². The lowest BCUT2D eigenvalue weighted by Crippen LogP contribution is -2.42. The van der Waals surface area contributed by atoms with E-state index in [1.165, 1.54) is 11.8 Å². The van der Waals surface area contributed by atoms with Crippen LogP contribution in [-0.4, -0.2) is 23.7 Å². The van der Waals surface area contributed by atoms with Crippen molar-refractivity contribution in [2.45, 2.75) is 40.2 Å². The molecule has 2 aliphatic rings. The second-order valence-electron chi connectivity index (χ2n) is 8.76. The van der Waals surface area contributed by atoms with Crippen LogP contribution in [0.1, 0.15) is 43.0 Å². The number of hydrogen-bond donors (Lipinski definition) is 1. The molecule has 0 spiro atoms. The molecular formula is C25H26FN3OS. The molecule has 4 nitrogen and oxygen atoms in total. The average Bonchev–Trinajstić information content (AvgIpc) is 2.99. The number of nitrogens with zero attached hydrogens (tertiary/aromatic N) is 2. The number of benzene rings is 2. The minimum absolute atomic E-state index is 0.190. The number of amidine groups is 1. The molecule has 0 atom stereocenters. The number of aliphatic imine (C=N–C) groups is 1. The highest BCUT2D eigenvalue weighted by atomic mass is 32.2. The summed E-state index contributed by atoms with van der Waals surface area (Å²) in [6, 6.07) is 9.38. The van der Waals surface area contributed by atoms with Crippen molar-refractivity contribution >= 4 is 45.9 Å². The van der Waals surface area contributed by atoms with Crippen LogP contribution in [0.25, 0.3) is 11.6 Å². The second-order valence-corrected chi connectivity index (χ2v) is 9.79. The topological polar surface area (TPSA) is 44.7 Å². The average molecular weight is 436 g/mol. The van der Waals surface area contributed by atoms with Gasteiger partial charge in [0, 0.05) is 23.9 Å². The number of aryl methyl sites for hydroxylation is 2. The molecule has 1 amide bonds. The highest BCUT2D eigenvalue weighted by molar-refractivity contribution is 8.18. The van der Waals surface area contributed by atoms with Crippen LogP contribution < -0.4 is 10.2 Å². The predicted molar refractivity (Wildman–Crippen MR) is 129 cm³/mol. The summed E-state index contributed by atoms with van der Waals surface area (Å²) in [5.41, 5.74) is 6.13. The normalized spacial score (nSPS) is 20.2. The zero-order valence-electron chi connectivity index (χ0n) is 18.6. The van der Waals surface area contributed by atoms with E-state index >= 15 is 0 Å². The van der Waals surface area contributed by atoms with Crippen LogP contribution in [0.4, 0.5) is 15.8 Å². The van der Waals surface area contributed by atoms with Crippen LogP contribution in [0.5, 0.6) is 0 Å². The number of likely N-dealkylation sites (N-methyl/N-ethyl adjacent to an activating group) is 1. The summed E-state index contributed by atoms with van der Waals surface area (Å²) in [7, 11) is 1.97.